The van der Waals surface area contributed by atoms with Crippen LogP contribution < -0.4 is 0 Å². The maximum atomic E-state index is 13.2. The van der Waals surface area contributed by atoms with Gasteiger partial charge in [-0.2, -0.15) is 0 Å². The highest BCUT2D eigenvalue weighted by Crippen LogP contribution is 2.41. The molecule has 0 N–H and O–H groups in total. The van der Waals surface area contributed by atoms with Gasteiger partial charge in [0.05, 0.1) is 10.5 Å². The quantitative estimate of drug-likeness (QED) is 0.841. The Morgan fingerprint density at radius 3 is 1.96 bits per heavy atom. The minimum Gasteiger partial charge on any atom is -0.478 e. The summed E-state index contributed by atoms with van der Waals surface area (Å²) in [6.07, 6.45) is 1.12. The first-order valence-corrected chi connectivity index (χ1v) is 9.53. The van der Waals surface area contributed by atoms with Crippen LogP contribution in [0.2, 0.25) is 0 Å². The molecule has 6 heteroatoms. The molecule has 25 heavy (non-hydrogen) atoms. The lowest BCUT2D eigenvalue weighted by molar-refractivity contribution is -0.125. The molecule has 0 atom stereocenters. The van der Waals surface area contributed by atoms with Crippen molar-refractivity contribution in [3.63, 3.8) is 0 Å². The Balaban J connectivity index is 2.15. The normalized spacial score (nSPS) is 16.9. The Hall–Kier alpha value is -2.47. The molecule has 0 saturated heterocycles. The van der Waals surface area contributed by atoms with E-state index in [-0.39, 0.29) is 16.5 Å². The van der Waals surface area contributed by atoms with E-state index in [2.05, 4.69) is 0 Å². The van der Waals surface area contributed by atoms with Crippen LogP contribution in [0, 0.1) is 5.82 Å². The molecule has 3 rings (SSSR count). The minimum atomic E-state index is -3.32. The molecule has 0 saturated carbocycles. The van der Waals surface area contributed by atoms with Crippen molar-refractivity contribution >= 4 is 27.0 Å². The van der Waals surface area contributed by atoms with Crippen molar-refractivity contribution in [1.29, 1.82) is 0 Å². The van der Waals surface area contributed by atoms with Crippen molar-refractivity contribution in [1.82, 2.24) is 0 Å². The fraction of sp³-hybridized carbons (Fsp3) is 0.211. The number of rotatable bonds is 3. The van der Waals surface area contributed by atoms with Gasteiger partial charge in [-0.15, -0.1) is 0 Å². The van der Waals surface area contributed by atoms with E-state index >= 15 is 0 Å². The van der Waals surface area contributed by atoms with E-state index in [1.54, 1.807) is 38.1 Å². The zero-order chi connectivity index (χ0) is 18.4. The summed E-state index contributed by atoms with van der Waals surface area (Å²) in [5.41, 5.74) is 0.454. The molecular formula is C19H17FO4S. The van der Waals surface area contributed by atoms with Crippen LogP contribution in [-0.4, -0.2) is 26.1 Å². The van der Waals surface area contributed by atoms with Gasteiger partial charge >= 0.3 is 0 Å². The van der Waals surface area contributed by atoms with Crippen molar-refractivity contribution in [2.24, 2.45) is 0 Å². The molecule has 0 aromatic heterocycles. The molecule has 1 aliphatic heterocycles. The van der Waals surface area contributed by atoms with Crippen LogP contribution in [0.3, 0.4) is 0 Å². The zero-order valence-electron chi connectivity index (χ0n) is 14.0. The number of Topliss-reactive ketones (excluding diaryl/α,β-unsaturated/α-hetero) is 1. The van der Waals surface area contributed by atoms with Gasteiger partial charge in [0.15, 0.2) is 15.4 Å². The van der Waals surface area contributed by atoms with Crippen molar-refractivity contribution in [3.05, 3.63) is 65.5 Å². The number of sulfone groups is 1. The molecule has 0 radical (unpaired) electrons. The van der Waals surface area contributed by atoms with E-state index in [1.165, 1.54) is 24.3 Å². The smallest absolute Gasteiger partial charge is 0.210 e. The van der Waals surface area contributed by atoms with Gasteiger partial charge < -0.3 is 4.74 Å². The second-order valence-corrected chi connectivity index (χ2v) is 8.46. The molecule has 0 unspecified atom stereocenters. The lowest BCUT2D eigenvalue weighted by Crippen LogP contribution is -2.29. The molecule has 2 aromatic rings. The molecule has 0 aliphatic carbocycles. The maximum absolute atomic E-state index is 13.2. The first kappa shape index (κ1) is 17.4. The van der Waals surface area contributed by atoms with E-state index in [0.717, 1.165) is 6.26 Å². The van der Waals surface area contributed by atoms with E-state index in [9.17, 15) is 17.6 Å². The monoisotopic (exact) mass is 360 g/mol. The molecule has 0 fully saturated rings. The van der Waals surface area contributed by atoms with Crippen LogP contribution in [0.25, 0.3) is 11.3 Å². The van der Waals surface area contributed by atoms with Crippen LogP contribution in [0.5, 0.6) is 0 Å². The highest BCUT2D eigenvalue weighted by Gasteiger charge is 2.42. The topological polar surface area (TPSA) is 60.4 Å². The standard InChI is InChI=1S/C19H17FO4S/c1-19(2)18(21)16(12-6-10-15(11-7-12)25(3,22)23)17(24-19)13-4-8-14(20)9-5-13/h4-11H,1-3H3. The van der Waals surface area contributed by atoms with Gasteiger partial charge in [-0.25, -0.2) is 12.8 Å². The number of carbonyl (C=O) groups excluding carboxylic acids is 1. The van der Waals surface area contributed by atoms with Gasteiger partial charge in [-0.1, -0.05) is 12.1 Å². The fourth-order valence-corrected chi connectivity index (χ4v) is 3.32. The van der Waals surface area contributed by atoms with E-state index in [0.29, 0.717) is 22.5 Å². The van der Waals surface area contributed by atoms with Crippen LogP contribution in [0.15, 0.2) is 53.4 Å². The molecule has 1 aliphatic rings. The first-order valence-electron chi connectivity index (χ1n) is 7.64. The summed E-state index contributed by atoms with van der Waals surface area (Å²) in [6.45, 7) is 3.33. The van der Waals surface area contributed by atoms with Crippen molar-refractivity contribution in [2.45, 2.75) is 24.3 Å². The van der Waals surface area contributed by atoms with Crippen LogP contribution >= 0.6 is 0 Å². The highest BCUT2D eigenvalue weighted by atomic mass is 32.2. The molecule has 2 aromatic carbocycles. The number of carbonyl (C=O) groups is 1. The lowest BCUT2D eigenvalue weighted by Gasteiger charge is -2.17. The predicted molar refractivity (Wildman–Crippen MR) is 92.9 cm³/mol. The third-order valence-corrected chi connectivity index (χ3v) is 5.16. The van der Waals surface area contributed by atoms with Crippen molar-refractivity contribution in [2.75, 3.05) is 6.26 Å². The maximum Gasteiger partial charge on any atom is 0.210 e. The largest absolute Gasteiger partial charge is 0.478 e. The average molecular weight is 360 g/mol. The minimum absolute atomic E-state index is 0.172. The van der Waals surface area contributed by atoms with Gasteiger partial charge in [0.25, 0.3) is 0 Å². The van der Waals surface area contributed by atoms with E-state index < -0.39 is 15.4 Å². The number of hydrogen-bond acceptors (Lipinski definition) is 4. The average Bonchev–Trinajstić information content (AvgIpc) is 2.78. The SMILES string of the molecule is CC1(C)OC(c2ccc(F)cc2)=C(c2ccc(S(C)(=O)=O)cc2)C1=O. The molecule has 1 heterocycles. The summed E-state index contributed by atoms with van der Waals surface area (Å²) in [5.74, 6) is -0.229. The van der Waals surface area contributed by atoms with Crippen molar-refractivity contribution < 1.29 is 22.3 Å². The summed E-state index contributed by atoms with van der Waals surface area (Å²) in [4.78, 5) is 13.0. The Labute approximate surface area is 145 Å². The molecule has 0 bridgehead atoms. The summed E-state index contributed by atoms with van der Waals surface area (Å²) < 4.78 is 42.3. The van der Waals surface area contributed by atoms with Crippen LogP contribution in [0.4, 0.5) is 4.39 Å². The molecule has 0 spiro atoms. The van der Waals surface area contributed by atoms with Gasteiger partial charge in [0.1, 0.15) is 11.6 Å². The predicted octanol–water partition coefficient (Wildman–Crippen LogP) is 3.48. The second kappa shape index (κ2) is 5.81. The summed E-state index contributed by atoms with van der Waals surface area (Å²) in [6, 6.07) is 11.8. The van der Waals surface area contributed by atoms with Gasteiger partial charge in [-0.3, -0.25) is 4.79 Å². The Morgan fingerprint density at radius 1 is 0.920 bits per heavy atom. The Kier molecular flexibility index (Phi) is 4.03. The van der Waals surface area contributed by atoms with Gasteiger partial charge in [-0.05, 0) is 55.8 Å². The lowest BCUT2D eigenvalue weighted by atomic mass is 9.93. The van der Waals surface area contributed by atoms with E-state index in [4.69, 9.17) is 4.74 Å². The number of ketones is 1. The van der Waals surface area contributed by atoms with Crippen molar-refractivity contribution in [3.8, 4) is 0 Å². The molecule has 0 amide bonds. The Morgan fingerprint density at radius 2 is 1.44 bits per heavy atom. The van der Waals surface area contributed by atoms with Gasteiger partial charge in [0, 0.05) is 11.8 Å². The second-order valence-electron chi connectivity index (χ2n) is 6.45. The number of benzene rings is 2. The third kappa shape index (κ3) is 3.22. The van der Waals surface area contributed by atoms with Crippen LogP contribution in [0.1, 0.15) is 25.0 Å². The Bertz CT molecular complexity index is 969. The molecule has 130 valence electrons. The summed E-state index contributed by atoms with van der Waals surface area (Å²) >= 11 is 0. The van der Waals surface area contributed by atoms with E-state index in [1.807, 2.05) is 0 Å². The first-order chi connectivity index (χ1) is 11.6. The number of ether oxygens (including phenoxy) is 1. The molecular weight excluding hydrogens is 343 g/mol. The number of hydrogen-bond donors (Lipinski definition) is 0. The third-order valence-electron chi connectivity index (χ3n) is 4.04. The highest BCUT2D eigenvalue weighted by molar-refractivity contribution is 7.90. The number of halogens is 1. The summed E-state index contributed by atoms with van der Waals surface area (Å²) in [7, 11) is -3.32. The van der Waals surface area contributed by atoms with Gasteiger partial charge in [0.2, 0.25) is 5.78 Å². The molecule has 4 nitrogen and oxygen atoms in total. The zero-order valence-corrected chi connectivity index (χ0v) is 14.9. The van der Waals surface area contributed by atoms with Crippen LogP contribution in [-0.2, 0) is 19.4 Å². The summed E-state index contributed by atoms with van der Waals surface area (Å²) in [5, 5.41) is 0. The fourth-order valence-electron chi connectivity index (χ4n) is 2.69.